The summed E-state index contributed by atoms with van der Waals surface area (Å²) in [7, 11) is 1.64. The Morgan fingerprint density at radius 2 is 1.94 bits per heavy atom. The summed E-state index contributed by atoms with van der Waals surface area (Å²) in [5.74, 6) is 4.05. The number of methoxy groups -OCH3 is 1. The minimum atomic E-state index is 0.202. The molecule has 0 saturated carbocycles. The minimum absolute atomic E-state index is 0.202. The number of benzene rings is 2. The van der Waals surface area contributed by atoms with E-state index in [9.17, 15) is 0 Å². The summed E-state index contributed by atoms with van der Waals surface area (Å²) in [6.07, 6.45) is 4.95. The smallest absolute Gasteiger partial charge is 0.246 e. The Morgan fingerprint density at radius 1 is 1.09 bits per heavy atom. The molecule has 0 spiro atoms. The summed E-state index contributed by atoms with van der Waals surface area (Å²) in [5, 5.41) is 12.5. The molecule has 1 aliphatic heterocycles. The molecule has 34 heavy (non-hydrogen) atoms. The Kier molecular flexibility index (Phi) is 6.16. The van der Waals surface area contributed by atoms with Gasteiger partial charge in [-0.05, 0) is 56.5 Å². The zero-order valence-electron chi connectivity index (χ0n) is 19.7. The van der Waals surface area contributed by atoms with Crippen molar-refractivity contribution in [2.24, 2.45) is 0 Å². The van der Waals surface area contributed by atoms with Crippen molar-refractivity contribution in [2.75, 3.05) is 19.0 Å². The quantitative estimate of drug-likeness (QED) is 0.431. The minimum Gasteiger partial charge on any atom is -0.494 e. The van der Waals surface area contributed by atoms with Gasteiger partial charge in [-0.2, -0.15) is 10.1 Å². The molecule has 0 aliphatic carbocycles. The summed E-state index contributed by atoms with van der Waals surface area (Å²) in [6.45, 7) is 5.38. The monoisotopic (exact) mass is 459 g/mol. The molecule has 3 heterocycles. The number of ether oxygens (including phenoxy) is 2. The molecular weight excluding hydrogens is 430 g/mol. The second-order valence-electron chi connectivity index (χ2n) is 8.32. The Hall–Kier alpha value is -3.88. The molecule has 2 aromatic heterocycles. The van der Waals surface area contributed by atoms with Gasteiger partial charge in [0, 0.05) is 24.2 Å². The van der Waals surface area contributed by atoms with Crippen molar-refractivity contribution in [3.63, 3.8) is 0 Å². The summed E-state index contributed by atoms with van der Waals surface area (Å²) in [6, 6.07) is 14.2. The van der Waals surface area contributed by atoms with Gasteiger partial charge >= 0.3 is 0 Å². The fourth-order valence-corrected chi connectivity index (χ4v) is 4.38. The van der Waals surface area contributed by atoms with Gasteiger partial charge in [0.2, 0.25) is 5.95 Å². The van der Waals surface area contributed by atoms with Gasteiger partial charge in [-0.3, -0.25) is 0 Å². The van der Waals surface area contributed by atoms with Crippen LogP contribution >= 0.6 is 0 Å². The number of hydrogen-bond donors (Lipinski definition) is 1. The number of hydrogen-bond acceptors (Lipinski definition) is 7. The van der Waals surface area contributed by atoms with Gasteiger partial charge in [0.1, 0.15) is 35.2 Å². The van der Waals surface area contributed by atoms with Crippen molar-refractivity contribution < 1.29 is 9.47 Å². The van der Waals surface area contributed by atoms with E-state index in [1.165, 1.54) is 5.56 Å². The molecule has 0 amide bonds. The molecule has 1 atom stereocenters. The highest BCUT2D eigenvalue weighted by atomic mass is 16.5. The zero-order valence-corrected chi connectivity index (χ0v) is 19.7. The Morgan fingerprint density at radius 3 is 2.68 bits per heavy atom. The first-order valence-electron chi connectivity index (χ1n) is 11.7. The van der Waals surface area contributed by atoms with Crippen LogP contribution in [0.1, 0.15) is 49.3 Å². The lowest BCUT2D eigenvalue weighted by atomic mass is 9.93. The van der Waals surface area contributed by atoms with Crippen LogP contribution in [0.4, 0.5) is 11.6 Å². The topological polar surface area (TPSA) is 91.9 Å². The maximum Gasteiger partial charge on any atom is 0.246 e. The molecule has 1 aliphatic rings. The van der Waals surface area contributed by atoms with Crippen molar-refractivity contribution in [3.05, 3.63) is 66.0 Å². The van der Waals surface area contributed by atoms with Crippen LogP contribution in [0, 0.1) is 6.92 Å². The van der Waals surface area contributed by atoms with E-state index in [2.05, 4.69) is 27.5 Å². The maximum absolute atomic E-state index is 5.61. The zero-order chi connectivity index (χ0) is 23.5. The molecule has 0 fully saturated rings. The second kappa shape index (κ2) is 9.54. The van der Waals surface area contributed by atoms with Gasteiger partial charge in [-0.1, -0.05) is 18.6 Å². The van der Waals surface area contributed by atoms with Crippen LogP contribution in [0.2, 0.25) is 0 Å². The molecule has 0 saturated heterocycles. The first-order valence-corrected chi connectivity index (χ1v) is 11.7. The molecular formula is C25H29N7O2. The second-order valence-corrected chi connectivity index (χ2v) is 8.32. The van der Waals surface area contributed by atoms with E-state index in [1.54, 1.807) is 18.1 Å². The van der Waals surface area contributed by atoms with Crippen LogP contribution in [-0.4, -0.2) is 43.2 Å². The predicted octanol–water partition coefficient (Wildman–Crippen LogP) is 4.63. The number of rotatable bonds is 7. The third-order valence-corrected chi connectivity index (χ3v) is 6.01. The Balaban J connectivity index is 1.40. The standard InChI is InChI=1S/C25H29N7O2/c1-4-34-20-11-8-18(9-12-20)21-7-5-6-14-31-24(21)28-25(30-31)27-19-10-13-22(23(15-19)33-3)32-16-26-17(2)29-32/h8-13,15-16,21H,4-7,14H2,1-3H3,(H,27,30). The van der Waals surface area contributed by atoms with Gasteiger partial charge in [-0.15, -0.1) is 5.10 Å². The summed E-state index contributed by atoms with van der Waals surface area (Å²) < 4.78 is 15.0. The first-order chi connectivity index (χ1) is 16.6. The average Bonchev–Trinajstić information content (AvgIpc) is 3.40. The van der Waals surface area contributed by atoms with E-state index in [0.717, 1.165) is 48.8 Å². The van der Waals surface area contributed by atoms with Crippen LogP contribution in [0.5, 0.6) is 11.5 Å². The van der Waals surface area contributed by atoms with Crippen molar-refractivity contribution in [2.45, 2.75) is 45.6 Å². The van der Waals surface area contributed by atoms with Crippen LogP contribution in [0.3, 0.4) is 0 Å². The number of nitrogens with zero attached hydrogens (tertiary/aromatic N) is 6. The lowest BCUT2D eigenvalue weighted by Gasteiger charge is -2.15. The van der Waals surface area contributed by atoms with E-state index in [4.69, 9.17) is 19.6 Å². The van der Waals surface area contributed by atoms with Crippen LogP contribution in [-0.2, 0) is 6.54 Å². The largest absolute Gasteiger partial charge is 0.494 e. The number of fused-ring (bicyclic) bond motifs is 1. The highest BCUT2D eigenvalue weighted by Gasteiger charge is 2.25. The fourth-order valence-electron chi connectivity index (χ4n) is 4.38. The molecule has 1 N–H and O–H groups in total. The number of aryl methyl sites for hydroxylation is 2. The lowest BCUT2D eigenvalue weighted by molar-refractivity contribution is 0.340. The molecule has 2 aromatic carbocycles. The fraction of sp³-hybridized carbons (Fsp3) is 0.360. The number of nitrogens with one attached hydrogen (secondary N) is 1. The Labute approximate surface area is 198 Å². The van der Waals surface area contributed by atoms with Gasteiger partial charge in [0.05, 0.1) is 13.7 Å². The molecule has 176 valence electrons. The normalized spacial score (nSPS) is 15.4. The van der Waals surface area contributed by atoms with Crippen LogP contribution < -0.4 is 14.8 Å². The molecule has 1 unspecified atom stereocenters. The average molecular weight is 460 g/mol. The van der Waals surface area contributed by atoms with E-state index < -0.39 is 0 Å². The van der Waals surface area contributed by atoms with Crippen LogP contribution in [0.25, 0.3) is 5.69 Å². The van der Waals surface area contributed by atoms with Gasteiger partial charge in [-0.25, -0.2) is 14.3 Å². The first kappa shape index (κ1) is 21.9. The molecule has 0 radical (unpaired) electrons. The van der Waals surface area contributed by atoms with E-state index >= 15 is 0 Å². The molecule has 5 rings (SSSR count). The van der Waals surface area contributed by atoms with Crippen molar-refractivity contribution >= 4 is 11.6 Å². The maximum atomic E-state index is 5.61. The molecule has 0 bridgehead atoms. The summed E-state index contributed by atoms with van der Waals surface area (Å²) >= 11 is 0. The summed E-state index contributed by atoms with van der Waals surface area (Å²) in [4.78, 5) is 9.10. The van der Waals surface area contributed by atoms with Gasteiger partial charge in [0.25, 0.3) is 0 Å². The van der Waals surface area contributed by atoms with Crippen molar-refractivity contribution in [1.29, 1.82) is 0 Å². The van der Waals surface area contributed by atoms with E-state index in [0.29, 0.717) is 24.1 Å². The molecule has 9 nitrogen and oxygen atoms in total. The lowest BCUT2D eigenvalue weighted by Crippen LogP contribution is -2.08. The van der Waals surface area contributed by atoms with Gasteiger partial charge in [0.15, 0.2) is 0 Å². The summed E-state index contributed by atoms with van der Waals surface area (Å²) in [5.41, 5.74) is 2.90. The van der Waals surface area contributed by atoms with E-state index in [1.807, 2.05) is 48.9 Å². The van der Waals surface area contributed by atoms with Crippen molar-refractivity contribution in [3.8, 4) is 17.2 Å². The third kappa shape index (κ3) is 4.46. The highest BCUT2D eigenvalue weighted by Crippen LogP contribution is 2.34. The van der Waals surface area contributed by atoms with Gasteiger partial charge < -0.3 is 14.8 Å². The number of aromatic nitrogens is 6. The Bertz CT molecular complexity index is 1260. The molecule has 4 aromatic rings. The molecule has 9 heteroatoms. The van der Waals surface area contributed by atoms with Crippen LogP contribution in [0.15, 0.2) is 48.8 Å². The highest BCUT2D eigenvalue weighted by molar-refractivity contribution is 5.61. The predicted molar refractivity (Wildman–Crippen MR) is 129 cm³/mol. The third-order valence-electron chi connectivity index (χ3n) is 6.01. The van der Waals surface area contributed by atoms with E-state index in [-0.39, 0.29) is 5.92 Å². The SMILES string of the molecule is CCOc1ccc(C2CCCCn3nc(Nc4ccc(-n5cnc(C)n5)c(OC)c4)nc32)cc1. The van der Waals surface area contributed by atoms with Crippen molar-refractivity contribution in [1.82, 2.24) is 29.5 Å². The number of anilines is 2.